The predicted octanol–water partition coefficient (Wildman–Crippen LogP) is -0.745. The summed E-state index contributed by atoms with van der Waals surface area (Å²) in [6, 6.07) is 10.7. The van der Waals surface area contributed by atoms with E-state index in [1.54, 1.807) is 0 Å². The molecule has 2 aliphatic rings. The average Bonchev–Trinajstić information content (AvgIpc) is 3.15. The third-order valence-electron chi connectivity index (χ3n) is 8.89. The first-order chi connectivity index (χ1) is 26.2. The van der Waals surface area contributed by atoms with Gasteiger partial charge in [0, 0.05) is 23.8 Å². The molecule has 1 aromatic heterocycles. The number of hydrogen-bond acceptors (Lipinski definition) is 19. The molecule has 10 atom stereocenters. The smallest absolute Gasteiger partial charge is 0.331 e. The van der Waals surface area contributed by atoms with Crippen molar-refractivity contribution in [2.45, 2.75) is 61.4 Å². The van der Waals surface area contributed by atoms with E-state index in [1.165, 1.54) is 36.4 Å². The topological polar surface area (TPSA) is 316 Å². The SMILES string of the molecule is O=C(C=Cc1ccc(O)cc1)O[C@H]1[C@H](O[C@H]2[C@H](Oc3c(-c4ccc(O)c(O)c4)oc4cc(O)cc(O)c4c3=O)O[C@H](CO)[C@@H](O)[C@@H]2O)O[C@H](CO)[C@@H](O)[C@@H]1O. The number of phenolic OH excluding ortho intramolecular Hbond substituents is 5. The maximum absolute atomic E-state index is 14.0. The molecular formula is C36H36O19. The van der Waals surface area contributed by atoms with Crippen LogP contribution in [-0.4, -0.2) is 137 Å². The Balaban J connectivity index is 1.39. The van der Waals surface area contributed by atoms with E-state index in [9.17, 15) is 65.8 Å². The molecule has 2 fully saturated rings. The number of fused-ring (bicyclic) bond motifs is 1. The zero-order chi connectivity index (χ0) is 39.7. The first kappa shape index (κ1) is 39.2. The van der Waals surface area contributed by atoms with Crippen molar-refractivity contribution in [3.8, 4) is 45.8 Å². The number of phenols is 5. The first-order valence-electron chi connectivity index (χ1n) is 16.5. The van der Waals surface area contributed by atoms with E-state index in [-0.39, 0.29) is 16.9 Å². The lowest BCUT2D eigenvalue weighted by atomic mass is 9.97. The summed E-state index contributed by atoms with van der Waals surface area (Å²) in [6.07, 6.45) is -16.6. The van der Waals surface area contributed by atoms with Crippen LogP contribution in [0.15, 0.2) is 69.9 Å². The number of aromatic hydroxyl groups is 5. The van der Waals surface area contributed by atoms with Gasteiger partial charge in [-0.3, -0.25) is 4.79 Å². The van der Waals surface area contributed by atoms with Crippen LogP contribution in [0.2, 0.25) is 0 Å². The number of carbonyl (C=O) groups excluding carboxylic acids is 1. The normalized spacial score (nSPS) is 28.3. The van der Waals surface area contributed by atoms with Gasteiger partial charge in [0.05, 0.1) is 13.2 Å². The Morgan fingerprint density at radius 2 is 1.35 bits per heavy atom. The second kappa shape index (κ2) is 16.1. The van der Waals surface area contributed by atoms with E-state index >= 15 is 0 Å². The summed E-state index contributed by atoms with van der Waals surface area (Å²) in [5.41, 5.74) is -1.11. The maximum Gasteiger partial charge on any atom is 0.331 e. The lowest BCUT2D eigenvalue weighted by Crippen LogP contribution is -2.65. The molecule has 19 nitrogen and oxygen atoms in total. The fourth-order valence-corrected chi connectivity index (χ4v) is 6.01. The van der Waals surface area contributed by atoms with Crippen molar-refractivity contribution in [3.05, 3.63) is 76.5 Å². The predicted molar refractivity (Wildman–Crippen MR) is 183 cm³/mol. The Bertz CT molecular complexity index is 2100. The Hall–Kier alpha value is -5.48. The molecule has 0 unspecified atom stereocenters. The van der Waals surface area contributed by atoms with Crippen molar-refractivity contribution in [1.29, 1.82) is 0 Å². The molecule has 0 aliphatic carbocycles. The minimum absolute atomic E-state index is 0.0306. The molecule has 3 heterocycles. The van der Waals surface area contributed by atoms with Gasteiger partial charge in [0.1, 0.15) is 64.8 Å². The highest BCUT2D eigenvalue weighted by molar-refractivity contribution is 5.88. The van der Waals surface area contributed by atoms with Crippen LogP contribution in [0.4, 0.5) is 0 Å². The molecule has 294 valence electrons. The van der Waals surface area contributed by atoms with Crippen molar-refractivity contribution in [3.63, 3.8) is 0 Å². The van der Waals surface area contributed by atoms with E-state index < -0.39 is 126 Å². The summed E-state index contributed by atoms with van der Waals surface area (Å²) in [7, 11) is 0. The Kier molecular flexibility index (Phi) is 11.5. The molecule has 19 heteroatoms. The van der Waals surface area contributed by atoms with Crippen LogP contribution in [0.25, 0.3) is 28.4 Å². The highest BCUT2D eigenvalue weighted by Gasteiger charge is 2.53. The second-order valence-corrected chi connectivity index (χ2v) is 12.6. The van der Waals surface area contributed by atoms with Crippen LogP contribution in [-0.2, 0) is 23.7 Å². The van der Waals surface area contributed by atoms with Gasteiger partial charge in [-0.25, -0.2) is 4.79 Å². The van der Waals surface area contributed by atoms with Crippen LogP contribution in [0.3, 0.4) is 0 Å². The van der Waals surface area contributed by atoms with Gasteiger partial charge in [0.25, 0.3) is 0 Å². The number of ether oxygens (including phenoxy) is 5. The summed E-state index contributed by atoms with van der Waals surface area (Å²) in [5.74, 6) is -4.86. The number of hydrogen-bond donors (Lipinski definition) is 11. The summed E-state index contributed by atoms with van der Waals surface area (Å²) >= 11 is 0. The fourth-order valence-electron chi connectivity index (χ4n) is 6.01. The van der Waals surface area contributed by atoms with Crippen molar-refractivity contribution >= 4 is 23.0 Å². The summed E-state index contributed by atoms with van der Waals surface area (Å²) < 4.78 is 34.4. The minimum atomic E-state index is -2.07. The van der Waals surface area contributed by atoms with E-state index in [0.717, 1.165) is 30.3 Å². The quantitative estimate of drug-likeness (QED) is 0.0537. The van der Waals surface area contributed by atoms with Gasteiger partial charge in [0.15, 0.2) is 35.8 Å². The lowest BCUT2D eigenvalue weighted by Gasteiger charge is -2.46. The fraction of sp³-hybridized carbons (Fsp3) is 0.333. The van der Waals surface area contributed by atoms with Gasteiger partial charge in [-0.15, -0.1) is 0 Å². The molecule has 0 saturated carbocycles. The van der Waals surface area contributed by atoms with E-state index in [1.807, 2.05) is 0 Å². The molecule has 0 amide bonds. The summed E-state index contributed by atoms with van der Waals surface area (Å²) in [5, 5.41) is 113. The monoisotopic (exact) mass is 772 g/mol. The van der Waals surface area contributed by atoms with Gasteiger partial charge >= 0.3 is 5.97 Å². The van der Waals surface area contributed by atoms with Gasteiger partial charge in [-0.05, 0) is 42.0 Å². The number of benzene rings is 3. The highest BCUT2D eigenvalue weighted by Crippen LogP contribution is 2.40. The van der Waals surface area contributed by atoms with Crippen LogP contribution in [0.1, 0.15) is 5.56 Å². The third-order valence-corrected chi connectivity index (χ3v) is 8.89. The Morgan fingerprint density at radius 1 is 0.709 bits per heavy atom. The zero-order valence-electron chi connectivity index (χ0n) is 28.2. The van der Waals surface area contributed by atoms with E-state index in [0.29, 0.717) is 5.56 Å². The molecule has 11 N–H and O–H groups in total. The minimum Gasteiger partial charge on any atom is -0.508 e. The molecule has 0 bridgehead atoms. The van der Waals surface area contributed by atoms with Gasteiger partial charge < -0.3 is 84.3 Å². The molecule has 6 rings (SSSR count). The van der Waals surface area contributed by atoms with Crippen molar-refractivity contribution in [2.75, 3.05) is 13.2 Å². The molecule has 2 aliphatic heterocycles. The lowest BCUT2D eigenvalue weighted by molar-refractivity contribution is -0.358. The largest absolute Gasteiger partial charge is 0.508 e. The molecule has 0 spiro atoms. The third kappa shape index (κ3) is 8.01. The molecular weight excluding hydrogens is 736 g/mol. The highest BCUT2D eigenvalue weighted by atomic mass is 16.8. The Labute approximate surface area is 308 Å². The zero-order valence-corrected chi connectivity index (χ0v) is 28.2. The molecule has 0 radical (unpaired) electrons. The molecule has 3 aromatic carbocycles. The van der Waals surface area contributed by atoms with Gasteiger partial charge in [-0.2, -0.15) is 0 Å². The second-order valence-electron chi connectivity index (χ2n) is 12.6. The van der Waals surface area contributed by atoms with Crippen molar-refractivity contribution < 1.29 is 89.1 Å². The Morgan fingerprint density at radius 3 is 1.98 bits per heavy atom. The van der Waals surface area contributed by atoms with Crippen LogP contribution >= 0.6 is 0 Å². The number of esters is 1. The van der Waals surface area contributed by atoms with Crippen LogP contribution in [0.5, 0.6) is 34.5 Å². The average molecular weight is 773 g/mol. The number of carbonyl (C=O) groups is 1. The standard InChI is InChI=1S/C36H36O19/c37-12-22-26(45)29(48)33(53-24(44)8-3-14-1-5-16(39)6-2-14)35(51-22)55-34-30(49)27(46)23(13-38)52-36(34)54-32-28(47)25-20(43)10-17(40)11-21(25)50-31(32)15-4-7-18(41)19(42)9-15/h1-11,22-23,26-27,29-30,33-43,45-46,48-49H,12-13H2/t22-,23-,26-,27-,29+,30+,33-,34-,35+,36+/m1/s1. The molecule has 55 heavy (non-hydrogen) atoms. The van der Waals surface area contributed by atoms with Crippen molar-refractivity contribution in [1.82, 2.24) is 0 Å². The van der Waals surface area contributed by atoms with Gasteiger partial charge in [-0.1, -0.05) is 12.1 Å². The number of aliphatic hydroxyl groups excluding tert-OH is 6. The maximum atomic E-state index is 14.0. The molecule has 4 aromatic rings. The van der Waals surface area contributed by atoms with E-state index in [2.05, 4.69) is 0 Å². The van der Waals surface area contributed by atoms with E-state index in [4.69, 9.17) is 28.1 Å². The molecule has 2 saturated heterocycles. The van der Waals surface area contributed by atoms with Crippen molar-refractivity contribution in [2.24, 2.45) is 0 Å². The number of rotatable bonds is 10. The van der Waals surface area contributed by atoms with Crippen LogP contribution in [0, 0.1) is 0 Å². The van der Waals surface area contributed by atoms with Crippen LogP contribution < -0.4 is 10.2 Å². The summed E-state index contributed by atoms with van der Waals surface area (Å²) in [4.78, 5) is 26.9. The summed E-state index contributed by atoms with van der Waals surface area (Å²) in [6.45, 7) is -1.81. The van der Waals surface area contributed by atoms with Gasteiger partial charge in [0.2, 0.25) is 17.5 Å². The first-order valence-corrected chi connectivity index (χ1v) is 16.5. The number of aliphatic hydroxyl groups is 6.